The molecule has 3 aromatic carbocycles. The molecule has 4 aromatic rings. The van der Waals surface area contributed by atoms with Crippen LogP contribution in [0.25, 0.3) is 0 Å². The number of nitrogens with zero attached hydrogens (tertiary/aromatic N) is 2. The number of amides is 3. The number of halogens is 1. The molecule has 246 valence electrons. The van der Waals surface area contributed by atoms with Gasteiger partial charge >= 0.3 is 0 Å². The molecule has 1 atom stereocenters. The number of carbonyl (C=O) groups is 3. The summed E-state index contributed by atoms with van der Waals surface area (Å²) in [6, 6.07) is 25.1. The van der Waals surface area contributed by atoms with Crippen LogP contribution in [0.5, 0.6) is 5.75 Å². The summed E-state index contributed by atoms with van der Waals surface area (Å²) >= 11 is 3.50. The number of pyridine rings is 1. The quantitative estimate of drug-likeness (QED) is 0.149. The minimum atomic E-state index is -0.763. The van der Waals surface area contributed by atoms with E-state index < -0.39 is 17.9 Å². The zero-order chi connectivity index (χ0) is 34.4. The number of ether oxygens (including phenoxy) is 1. The van der Waals surface area contributed by atoms with E-state index in [2.05, 4.69) is 79.9 Å². The summed E-state index contributed by atoms with van der Waals surface area (Å²) in [6.07, 6.45) is 3.02. The Morgan fingerprint density at radius 1 is 0.809 bits per heavy atom. The van der Waals surface area contributed by atoms with Crippen molar-refractivity contribution in [2.45, 2.75) is 84.7 Å². The molecule has 1 heterocycles. The largest absolute Gasteiger partial charge is 0.480 e. The standard InChI is InChI=1S/C39H44BrN3O4/c1-8-32(47-33-22-21-28(38(4,5)9-2)23-30(33)39(6,7)10-3)35(44)42-29-24-31(40)34(41-25-29)43(36(45)26-17-13-11-14-18-26)37(46)27-19-15-12-16-20-27/h11-25,32H,8-10H2,1-7H3,(H,42,44). The second-order valence-electron chi connectivity index (χ2n) is 12.9. The summed E-state index contributed by atoms with van der Waals surface area (Å²) in [5.74, 6) is -0.579. The highest BCUT2D eigenvalue weighted by Crippen LogP contribution is 2.39. The van der Waals surface area contributed by atoms with Gasteiger partial charge in [-0.2, -0.15) is 0 Å². The SMILES string of the molecule is CCC(Oc1ccc(C(C)(C)CC)cc1C(C)(C)CC)C(=O)Nc1cnc(N(C(=O)c2ccccc2)C(=O)c2ccccc2)c(Br)c1. The Labute approximate surface area is 286 Å². The van der Waals surface area contributed by atoms with Crippen molar-refractivity contribution in [3.63, 3.8) is 0 Å². The summed E-state index contributed by atoms with van der Waals surface area (Å²) < 4.78 is 6.79. The van der Waals surface area contributed by atoms with Crippen molar-refractivity contribution in [3.8, 4) is 5.75 Å². The van der Waals surface area contributed by atoms with Crippen molar-refractivity contribution in [2.24, 2.45) is 0 Å². The lowest BCUT2D eigenvalue weighted by molar-refractivity contribution is -0.122. The molecule has 4 rings (SSSR count). The van der Waals surface area contributed by atoms with E-state index in [1.807, 2.05) is 13.0 Å². The molecule has 1 N–H and O–H groups in total. The van der Waals surface area contributed by atoms with E-state index in [-0.39, 0.29) is 22.6 Å². The van der Waals surface area contributed by atoms with E-state index in [1.54, 1.807) is 66.7 Å². The van der Waals surface area contributed by atoms with Crippen LogP contribution in [0.4, 0.5) is 11.5 Å². The second kappa shape index (κ2) is 15.1. The normalized spacial score (nSPS) is 12.3. The maximum atomic E-state index is 13.6. The van der Waals surface area contributed by atoms with E-state index in [0.717, 1.165) is 23.3 Å². The lowest BCUT2D eigenvalue weighted by Crippen LogP contribution is -2.38. The molecular formula is C39H44BrN3O4. The number of rotatable bonds is 12. The van der Waals surface area contributed by atoms with Crippen LogP contribution >= 0.6 is 15.9 Å². The smallest absolute Gasteiger partial charge is 0.266 e. The highest BCUT2D eigenvalue weighted by Gasteiger charge is 2.31. The fourth-order valence-electron chi connectivity index (χ4n) is 5.04. The number of imide groups is 1. The molecule has 0 fully saturated rings. The maximum Gasteiger partial charge on any atom is 0.266 e. The van der Waals surface area contributed by atoms with Crippen LogP contribution in [0, 0.1) is 0 Å². The van der Waals surface area contributed by atoms with Gasteiger partial charge in [0.25, 0.3) is 17.7 Å². The summed E-state index contributed by atoms with van der Waals surface area (Å²) in [6.45, 7) is 15.1. The van der Waals surface area contributed by atoms with E-state index >= 15 is 0 Å². The Hall–Kier alpha value is -4.30. The second-order valence-corrected chi connectivity index (χ2v) is 13.8. The van der Waals surface area contributed by atoms with Gasteiger partial charge in [-0.25, -0.2) is 9.88 Å². The van der Waals surface area contributed by atoms with E-state index in [1.165, 1.54) is 11.8 Å². The molecule has 3 amide bonds. The van der Waals surface area contributed by atoms with Crippen molar-refractivity contribution in [1.29, 1.82) is 0 Å². The molecule has 0 aliphatic rings. The first-order chi connectivity index (χ1) is 22.3. The molecule has 8 heteroatoms. The van der Waals surface area contributed by atoms with Crippen molar-refractivity contribution >= 4 is 45.2 Å². The fourth-order valence-corrected chi connectivity index (χ4v) is 5.57. The van der Waals surface area contributed by atoms with Crippen LogP contribution in [0.15, 0.2) is 95.6 Å². The zero-order valence-electron chi connectivity index (χ0n) is 28.3. The Kier molecular flexibility index (Phi) is 11.4. The minimum absolute atomic E-state index is 0.0121. The van der Waals surface area contributed by atoms with Gasteiger partial charge in [0.15, 0.2) is 11.9 Å². The Morgan fingerprint density at radius 2 is 1.36 bits per heavy atom. The predicted molar refractivity (Wildman–Crippen MR) is 192 cm³/mol. The van der Waals surface area contributed by atoms with Gasteiger partial charge in [-0.1, -0.05) is 97.0 Å². The average Bonchev–Trinajstić information content (AvgIpc) is 3.08. The Bertz CT molecular complexity index is 1670. The first kappa shape index (κ1) is 35.6. The van der Waals surface area contributed by atoms with Crippen molar-refractivity contribution < 1.29 is 19.1 Å². The molecule has 7 nitrogen and oxygen atoms in total. The zero-order valence-corrected chi connectivity index (χ0v) is 29.9. The maximum absolute atomic E-state index is 13.6. The molecule has 1 aromatic heterocycles. The third-order valence-electron chi connectivity index (χ3n) is 8.94. The summed E-state index contributed by atoms with van der Waals surface area (Å²) in [5.41, 5.74) is 3.23. The topological polar surface area (TPSA) is 88.6 Å². The highest BCUT2D eigenvalue weighted by molar-refractivity contribution is 9.10. The van der Waals surface area contributed by atoms with Crippen LogP contribution in [0.3, 0.4) is 0 Å². The van der Waals surface area contributed by atoms with Crippen LogP contribution in [0.2, 0.25) is 0 Å². The molecule has 0 bridgehead atoms. The van der Waals surface area contributed by atoms with Gasteiger partial charge < -0.3 is 10.1 Å². The molecule has 47 heavy (non-hydrogen) atoms. The van der Waals surface area contributed by atoms with Crippen molar-refractivity contribution in [3.05, 3.63) is 118 Å². The van der Waals surface area contributed by atoms with Crippen molar-refractivity contribution in [2.75, 3.05) is 10.2 Å². The first-order valence-electron chi connectivity index (χ1n) is 16.1. The van der Waals surface area contributed by atoms with Gasteiger partial charge in [-0.3, -0.25) is 14.4 Å². The third kappa shape index (κ3) is 8.17. The first-order valence-corrected chi connectivity index (χ1v) is 16.9. The molecular weight excluding hydrogens is 654 g/mol. The number of nitrogens with one attached hydrogen (secondary N) is 1. The van der Waals surface area contributed by atoms with E-state index in [4.69, 9.17) is 4.74 Å². The highest BCUT2D eigenvalue weighted by atomic mass is 79.9. The molecule has 0 saturated heterocycles. The van der Waals surface area contributed by atoms with Crippen LogP contribution < -0.4 is 15.0 Å². The van der Waals surface area contributed by atoms with Gasteiger partial charge in [-0.15, -0.1) is 0 Å². The van der Waals surface area contributed by atoms with Gasteiger partial charge in [-0.05, 0) is 88.0 Å². The van der Waals surface area contributed by atoms with Crippen LogP contribution in [-0.4, -0.2) is 28.8 Å². The molecule has 0 radical (unpaired) electrons. The van der Waals surface area contributed by atoms with Gasteiger partial charge in [0, 0.05) is 16.7 Å². The average molecular weight is 699 g/mol. The fraction of sp³-hybridized carbons (Fsp3) is 0.333. The monoisotopic (exact) mass is 697 g/mol. The Morgan fingerprint density at radius 3 is 1.85 bits per heavy atom. The minimum Gasteiger partial charge on any atom is -0.480 e. The van der Waals surface area contributed by atoms with Crippen molar-refractivity contribution in [1.82, 2.24) is 4.98 Å². The van der Waals surface area contributed by atoms with Crippen LogP contribution in [-0.2, 0) is 15.6 Å². The third-order valence-corrected chi connectivity index (χ3v) is 9.52. The molecule has 0 spiro atoms. The van der Waals surface area contributed by atoms with Gasteiger partial charge in [0.2, 0.25) is 0 Å². The Balaban J connectivity index is 1.61. The van der Waals surface area contributed by atoms with Crippen LogP contribution in [0.1, 0.15) is 99.6 Å². The molecule has 0 saturated carbocycles. The number of hydrogen-bond donors (Lipinski definition) is 1. The number of carbonyl (C=O) groups excluding carboxylic acids is 3. The van der Waals surface area contributed by atoms with E-state index in [0.29, 0.717) is 33.5 Å². The lowest BCUT2D eigenvalue weighted by atomic mass is 9.76. The predicted octanol–water partition coefficient (Wildman–Crippen LogP) is 9.50. The summed E-state index contributed by atoms with van der Waals surface area (Å²) in [7, 11) is 0. The van der Waals surface area contributed by atoms with Gasteiger partial charge in [0.1, 0.15) is 5.75 Å². The number of aromatic nitrogens is 1. The summed E-state index contributed by atoms with van der Waals surface area (Å²) in [4.78, 5) is 46.4. The number of anilines is 2. The molecule has 0 aliphatic heterocycles. The number of benzene rings is 3. The molecule has 1 unspecified atom stereocenters. The lowest BCUT2D eigenvalue weighted by Gasteiger charge is -2.31. The van der Waals surface area contributed by atoms with Gasteiger partial charge in [0.05, 0.1) is 16.4 Å². The summed E-state index contributed by atoms with van der Waals surface area (Å²) in [5, 5.41) is 2.91. The number of hydrogen-bond acceptors (Lipinski definition) is 5. The molecule has 0 aliphatic carbocycles. The van der Waals surface area contributed by atoms with E-state index in [9.17, 15) is 14.4 Å².